The third-order valence-electron chi connectivity index (χ3n) is 1.67. The summed E-state index contributed by atoms with van der Waals surface area (Å²) in [5, 5.41) is 8.24. The lowest BCUT2D eigenvalue weighted by atomic mass is 10.1. The molecule has 0 aromatic rings. The maximum absolute atomic E-state index is 8.24. The summed E-state index contributed by atoms with van der Waals surface area (Å²) in [5.74, 6) is 1.47. The molecular weight excluding hydrogens is 308 g/mol. The number of aliphatic hydroxyl groups excluding tert-OH is 1. The van der Waals surface area contributed by atoms with E-state index in [4.69, 9.17) is 5.11 Å². The Kier molecular flexibility index (Phi) is 14.8. The molecule has 0 aromatic heterocycles. The summed E-state index contributed by atoms with van der Waals surface area (Å²) in [6.45, 7) is 8.99. The highest BCUT2D eigenvalue weighted by Crippen LogP contribution is 2.17. The highest BCUT2D eigenvalue weighted by atomic mass is 79.9. The van der Waals surface area contributed by atoms with E-state index in [1.165, 1.54) is 12.8 Å². The van der Waals surface area contributed by atoms with Crippen LogP contribution in [0.5, 0.6) is 0 Å². The van der Waals surface area contributed by atoms with E-state index in [1.807, 2.05) is 0 Å². The van der Waals surface area contributed by atoms with Gasteiger partial charge in [-0.25, -0.2) is 0 Å². The maximum Gasteiger partial charge on any atom is 0.0698 e. The number of halogens is 2. The van der Waals surface area contributed by atoms with Crippen molar-refractivity contribution in [2.45, 2.75) is 50.7 Å². The van der Waals surface area contributed by atoms with Crippen LogP contribution < -0.4 is 0 Å². The van der Waals surface area contributed by atoms with Gasteiger partial charge in [0.2, 0.25) is 0 Å². The summed E-state index contributed by atoms with van der Waals surface area (Å²) in [6.07, 6.45) is 3.44. The zero-order valence-corrected chi connectivity index (χ0v) is 12.9. The van der Waals surface area contributed by atoms with E-state index < -0.39 is 0 Å². The first-order valence-corrected chi connectivity index (χ1v) is 7.12. The van der Waals surface area contributed by atoms with Gasteiger partial charge in [-0.05, 0) is 31.1 Å². The lowest BCUT2D eigenvalue weighted by molar-refractivity contribution is 0.268. The smallest absolute Gasteiger partial charge is 0.0698 e. The van der Waals surface area contributed by atoms with Gasteiger partial charge in [0, 0.05) is 6.61 Å². The molecule has 0 aliphatic carbocycles. The Morgan fingerprint density at radius 2 is 1.29 bits per heavy atom. The van der Waals surface area contributed by atoms with Gasteiger partial charge in [0.15, 0.2) is 0 Å². The molecule has 0 aromatic carbocycles. The Morgan fingerprint density at radius 1 is 0.857 bits per heavy atom. The molecule has 0 rings (SSSR count). The fourth-order valence-electron chi connectivity index (χ4n) is 0.718. The Labute approximate surface area is 106 Å². The van der Waals surface area contributed by atoms with E-state index in [0.29, 0.717) is 16.3 Å². The predicted octanol–water partition coefficient (Wildman–Crippen LogP) is 4.56. The number of hydrogen-bond donors (Lipinski definition) is 1. The summed E-state index contributed by atoms with van der Waals surface area (Å²) >= 11 is 6.84. The van der Waals surface area contributed by atoms with E-state index in [9.17, 15) is 0 Å². The first-order valence-electron chi connectivity index (χ1n) is 5.29. The van der Waals surface area contributed by atoms with Crippen molar-refractivity contribution in [1.82, 2.24) is 0 Å². The van der Waals surface area contributed by atoms with Gasteiger partial charge < -0.3 is 5.11 Å². The monoisotopic (exact) mass is 330 g/mol. The van der Waals surface area contributed by atoms with E-state index in [1.54, 1.807) is 0 Å². The third-order valence-corrected chi connectivity index (χ3v) is 2.58. The van der Waals surface area contributed by atoms with Crippen molar-refractivity contribution < 1.29 is 5.11 Å². The molecule has 14 heavy (non-hydrogen) atoms. The van der Waals surface area contributed by atoms with Gasteiger partial charge in [0.25, 0.3) is 0 Å². The molecule has 0 saturated heterocycles. The highest BCUT2D eigenvalue weighted by molar-refractivity contribution is 9.24. The van der Waals surface area contributed by atoms with Crippen LogP contribution in [0.3, 0.4) is 0 Å². The fraction of sp³-hybridized carbons (Fsp3) is 1.00. The molecular formula is C11H24Br2O. The average molecular weight is 332 g/mol. The summed E-state index contributed by atoms with van der Waals surface area (Å²) < 4.78 is 0.511. The lowest BCUT2D eigenvalue weighted by Crippen LogP contribution is -1.91. The highest BCUT2D eigenvalue weighted by Gasteiger charge is 1.98. The average Bonchev–Trinajstić information content (AvgIpc) is 2.01. The minimum Gasteiger partial charge on any atom is -0.396 e. The molecule has 0 unspecified atom stereocenters. The normalized spacial score (nSPS) is 10.7. The van der Waals surface area contributed by atoms with Gasteiger partial charge in [0.05, 0.1) is 3.74 Å². The van der Waals surface area contributed by atoms with Crippen LogP contribution in [0.15, 0.2) is 0 Å². The quantitative estimate of drug-likeness (QED) is 0.732. The van der Waals surface area contributed by atoms with Crippen molar-refractivity contribution in [3.05, 3.63) is 0 Å². The van der Waals surface area contributed by atoms with E-state index in [2.05, 4.69) is 59.6 Å². The zero-order chi connectivity index (χ0) is 11.6. The Balaban J connectivity index is 0. The topological polar surface area (TPSA) is 20.2 Å². The van der Waals surface area contributed by atoms with Crippen LogP contribution in [0.2, 0.25) is 0 Å². The minimum absolute atomic E-state index is 0.331. The first kappa shape index (κ1) is 17.3. The van der Waals surface area contributed by atoms with Crippen molar-refractivity contribution in [2.24, 2.45) is 11.8 Å². The van der Waals surface area contributed by atoms with Crippen molar-refractivity contribution >= 4 is 31.9 Å². The van der Waals surface area contributed by atoms with Gasteiger partial charge in [-0.2, -0.15) is 0 Å². The summed E-state index contributed by atoms with van der Waals surface area (Å²) in [7, 11) is 0. The Bertz CT molecular complexity index is 95.5. The van der Waals surface area contributed by atoms with Gasteiger partial charge >= 0.3 is 0 Å². The van der Waals surface area contributed by atoms with Crippen LogP contribution in [0.4, 0.5) is 0 Å². The fourth-order valence-corrected chi connectivity index (χ4v) is 1.25. The standard InChI is InChI=1S/C6H12Br2.C5H12O/c1-5(2)3-4-6(7)8;1-5(2)3-4-6/h5-6H,3-4H2,1-2H3;5-6H,3-4H2,1-2H3. The number of aliphatic hydroxyl groups is 1. The largest absolute Gasteiger partial charge is 0.396 e. The Morgan fingerprint density at radius 3 is 1.36 bits per heavy atom. The SMILES string of the molecule is CC(C)CCC(Br)Br.CC(C)CCO. The zero-order valence-electron chi connectivity index (χ0n) is 9.76. The third kappa shape index (κ3) is 23.1. The number of hydrogen-bond acceptors (Lipinski definition) is 1. The van der Waals surface area contributed by atoms with Crippen LogP contribution in [0.1, 0.15) is 47.0 Å². The van der Waals surface area contributed by atoms with Crippen molar-refractivity contribution in [3.63, 3.8) is 0 Å². The second kappa shape index (κ2) is 12.0. The lowest BCUT2D eigenvalue weighted by Gasteiger charge is -2.03. The molecule has 0 atom stereocenters. The summed E-state index contributed by atoms with van der Waals surface area (Å²) in [5.41, 5.74) is 0. The first-order chi connectivity index (χ1) is 6.40. The van der Waals surface area contributed by atoms with Crippen LogP contribution in [-0.4, -0.2) is 15.4 Å². The van der Waals surface area contributed by atoms with E-state index in [-0.39, 0.29) is 0 Å². The van der Waals surface area contributed by atoms with Crippen LogP contribution >= 0.6 is 31.9 Å². The predicted molar refractivity (Wildman–Crippen MR) is 72.3 cm³/mol. The van der Waals surface area contributed by atoms with Crippen molar-refractivity contribution in [1.29, 1.82) is 0 Å². The van der Waals surface area contributed by atoms with Crippen LogP contribution in [-0.2, 0) is 0 Å². The molecule has 0 fully saturated rings. The molecule has 1 N–H and O–H groups in total. The molecule has 0 aliphatic rings. The molecule has 0 saturated carbocycles. The molecule has 0 bridgehead atoms. The van der Waals surface area contributed by atoms with Crippen molar-refractivity contribution in [2.75, 3.05) is 6.61 Å². The maximum atomic E-state index is 8.24. The summed E-state index contributed by atoms with van der Waals surface area (Å²) in [6, 6.07) is 0. The second-order valence-corrected chi connectivity index (χ2v) is 7.71. The number of alkyl halides is 2. The summed E-state index contributed by atoms with van der Waals surface area (Å²) in [4.78, 5) is 0. The molecule has 88 valence electrons. The molecule has 0 spiro atoms. The van der Waals surface area contributed by atoms with Gasteiger partial charge in [-0.3, -0.25) is 0 Å². The van der Waals surface area contributed by atoms with Gasteiger partial charge in [-0.1, -0.05) is 59.6 Å². The Hall–Kier alpha value is 0.920. The van der Waals surface area contributed by atoms with Gasteiger partial charge in [-0.15, -0.1) is 0 Å². The second-order valence-electron chi connectivity index (χ2n) is 4.27. The molecule has 0 radical (unpaired) electrons. The van der Waals surface area contributed by atoms with Crippen molar-refractivity contribution in [3.8, 4) is 0 Å². The van der Waals surface area contributed by atoms with E-state index >= 15 is 0 Å². The minimum atomic E-state index is 0.331. The van der Waals surface area contributed by atoms with Crippen LogP contribution in [0.25, 0.3) is 0 Å². The molecule has 3 heteroatoms. The van der Waals surface area contributed by atoms with Gasteiger partial charge in [0.1, 0.15) is 0 Å². The van der Waals surface area contributed by atoms with Crippen LogP contribution in [0, 0.1) is 11.8 Å². The molecule has 0 amide bonds. The number of rotatable bonds is 5. The molecule has 0 heterocycles. The van der Waals surface area contributed by atoms with E-state index in [0.717, 1.165) is 12.3 Å². The molecule has 0 aliphatic heterocycles. The molecule has 1 nitrogen and oxygen atoms in total.